The van der Waals surface area contributed by atoms with E-state index in [1.807, 2.05) is 18.2 Å². The Morgan fingerprint density at radius 2 is 0.814 bits per heavy atom. The van der Waals surface area contributed by atoms with E-state index in [1.165, 1.54) is 6.42 Å². The molecule has 3 aliphatic carbocycles. The third-order valence-corrected chi connectivity index (χ3v) is 11.2. The fraction of sp³-hybridized carbons (Fsp3) is 0.757. The Morgan fingerprint density at radius 1 is 0.535 bits per heavy atom. The van der Waals surface area contributed by atoms with Crippen molar-refractivity contribution in [2.45, 2.75) is 132 Å². The number of benzene rings is 1. The highest BCUT2D eigenvalue weighted by Gasteiger charge is 2.34. The standard InChI is InChI=1S/C37H59N3O3/c1-8-24-9-11-25(12-10-24)33(41)38-30-21-31(39-34(42)26-13-17-28(18-14-26)36(2,3)4)23-32(22-30)40-35(43)27-15-19-29(20-16-27)37(5,6)7/h21-29H,8-20H2,1-7H3,(H,38,41)(H,39,42)(H,40,43)/t24-,25+,26-,27-,28-,29-. The largest absolute Gasteiger partial charge is 0.326 e. The average molecular weight is 594 g/mol. The highest BCUT2D eigenvalue weighted by Crippen LogP contribution is 2.41. The van der Waals surface area contributed by atoms with Gasteiger partial charge < -0.3 is 16.0 Å². The summed E-state index contributed by atoms with van der Waals surface area (Å²) in [6.07, 6.45) is 13.0. The van der Waals surface area contributed by atoms with Crippen molar-refractivity contribution in [2.75, 3.05) is 16.0 Å². The zero-order valence-electron chi connectivity index (χ0n) is 28.1. The van der Waals surface area contributed by atoms with Gasteiger partial charge in [0.1, 0.15) is 0 Å². The van der Waals surface area contributed by atoms with Gasteiger partial charge in [-0.25, -0.2) is 0 Å². The molecule has 3 fully saturated rings. The number of anilines is 3. The first-order valence-corrected chi connectivity index (χ1v) is 17.3. The summed E-state index contributed by atoms with van der Waals surface area (Å²) in [5, 5.41) is 9.43. The van der Waals surface area contributed by atoms with Gasteiger partial charge in [0.15, 0.2) is 0 Å². The van der Waals surface area contributed by atoms with Gasteiger partial charge in [0, 0.05) is 34.8 Å². The molecule has 3 amide bonds. The first kappa shape index (κ1) is 33.5. The SMILES string of the molecule is CC[C@H]1CC[C@@H](C(=O)Nc2cc(NC(=O)[C@H]3CC[C@H](C(C)(C)C)CC3)cc(NC(=O)[C@H]3CC[C@H](C(C)(C)C)CC3)c2)CC1. The van der Waals surface area contributed by atoms with Gasteiger partial charge in [-0.3, -0.25) is 14.4 Å². The summed E-state index contributed by atoms with van der Waals surface area (Å²) in [5.41, 5.74) is 2.42. The lowest BCUT2D eigenvalue weighted by Gasteiger charge is -2.36. The molecule has 6 heteroatoms. The summed E-state index contributed by atoms with van der Waals surface area (Å²) in [6.45, 7) is 16.0. The lowest BCUT2D eigenvalue weighted by molar-refractivity contribution is -0.122. The smallest absolute Gasteiger partial charge is 0.227 e. The van der Waals surface area contributed by atoms with E-state index in [0.717, 1.165) is 83.0 Å². The minimum atomic E-state index is -0.0124. The van der Waals surface area contributed by atoms with Crippen molar-refractivity contribution in [3.63, 3.8) is 0 Å². The van der Waals surface area contributed by atoms with Gasteiger partial charge >= 0.3 is 0 Å². The van der Waals surface area contributed by atoms with Crippen LogP contribution >= 0.6 is 0 Å². The van der Waals surface area contributed by atoms with Gasteiger partial charge in [-0.05, 0) is 124 Å². The van der Waals surface area contributed by atoms with Crippen LogP contribution in [0.25, 0.3) is 0 Å². The number of rotatable bonds is 7. The van der Waals surface area contributed by atoms with Crippen molar-refractivity contribution in [2.24, 2.45) is 46.3 Å². The van der Waals surface area contributed by atoms with E-state index in [4.69, 9.17) is 0 Å². The molecule has 6 nitrogen and oxygen atoms in total. The molecule has 0 aromatic heterocycles. The van der Waals surface area contributed by atoms with E-state index >= 15 is 0 Å². The molecule has 43 heavy (non-hydrogen) atoms. The van der Waals surface area contributed by atoms with Crippen LogP contribution in [0.15, 0.2) is 18.2 Å². The van der Waals surface area contributed by atoms with Crippen molar-refractivity contribution >= 4 is 34.8 Å². The Kier molecular flexibility index (Phi) is 11.0. The minimum Gasteiger partial charge on any atom is -0.326 e. The average Bonchev–Trinajstić information content (AvgIpc) is 2.96. The summed E-state index contributed by atoms with van der Waals surface area (Å²) in [5.74, 6) is 2.10. The minimum absolute atomic E-state index is 0.00934. The maximum Gasteiger partial charge on any atom is 0.227 e. The van der Waals surface area contributed by atoms with Crippen molar-refractivity contribution in [1.82, 2.24) is 0 Å². The van der Waals surface area contributed by atoms with E-state index in [2.05, 4.69) is 64.4 Å². The Balaban J connectivity index is 1.45. The Hall–Kier alpha value is -2.37. The molecule has 0 aliphatic heterocycles. The van der Waals surface area contributed by atoms with Crippen LogP contribution in [0.3, 0.4) is 0 Å². The number of carbonyl (C=O) groups is 3. The fourth-order valence-corrected chi connectivity index (χ4v) is 7.85. The molecular weight excluding hydrogens is 534 g/mol. The molecule has 240 valence electrons. The second-order valence-electron chi connectivity index (χ2n) is 16.2. The molecule has 3 aliphatic rings. The molecule has 0 radical (unpaired) electrons. The molecule has 4 rings (SSSR count). The van der Waals surface area contributed by atoms with Gasteiger partial charge in [-0.1, -0.05) is 54.9 Å². The molecule has 0 bridgehead atoms. The molecule has 0 saturated heterocycles. The van der Waals surface area contributed by atoms with Gasteiger partial charge in [0.2, 0.25) is 17.7 Å². The van der Waals surface area contributed by atoms with E-state index in [-0.39, 0.29) is 46.3 Å². The maximum atomic E-state index is 13.4. The molecule has 1 aromatic carbocycles. The van der Waals surface area contributed by atoms with Crippen molar-refractivity contribution in [3.8, 4) is 0 Å². The van der Waals surface area contributed by atoms with Crippen LogP contribution in [0.5, 0.6) is 0 Å². The van der Waals surface area contributed by atoms with Crippen LogP contribution in [0.2, 0.25) is 0 Å². The van der Waals surface area contributed by atoms with E-state index in [9.17, 15) is 14.4 Å². The Labute approximate surface area is 261 Å². The number of nitrogens with one attached hydrogen (secondary N) is 3. The van der Waals surface area contributed by atoms with Gasteiger partial charge in [-0.2, -0.15) is 0 Å². The first-order valence-electron chi connectivity index (χ1n) is 17.3. The predicted octanol–water partition coefficient (Wildman–Crippen LogP) is 9.42. The highest BCUT2D eigenvalue weighted by molar-refractivity contribution is 5.99. The number of hydrogen-bond donors (Lipinski definition) is 3. The van der Waals surface area contributed by atoms with Crippen LogP contribution in [-0.2, 0) is 14.4 Å². The second-order valence-corrected chi connectivity index (χ2v) is 16.2. The molecule has 0 spiro atoms. The monoisotopic (exact) mass is 593 g/mol. The Morgan fingerprint density at radius 3 is 1.07 bits per heavy atom. The van der Waals surface area contributed by atoms with Gasteiger partial charge in [0.25, 0.3) is 0 Å². The third kappa shape index (κ3) is 9.31. The van der Waals surface area contributed by atoms with Crippen LogP contribution in [-0.4, -0.2) is 17.7 Å². The van der Waals surface area contributed by atoms with Crippen LogP contribution in [0.4, 0.5) is 17.1 Å². The maximum absolute atomic E-state index is 13.4. The van der Waals surface area contributed by atoms with E-state index < -0.39 is 0 Å². The van der Waals surface area contributed by atoms with Gasteiger partial charge in [0.05, 0.1) is 0 Å². The molecule has 0 atom stereocenters. The number of amides is 3. The van der Waals surface area contributed by atoms with Crippen LogP contribution in [0.1, 0.15) is 132 Å². The second kappa shape index (κ2) is 14.2. The van der Waals surface area contributed by atoms with Crippen molar-refractivity contribution in [1.29, 1.82) is 0 Å². The van der Waals surface area contributed by atoms with Gasteiger partial charge in [-0.15, -0.1) is 0 Å². The topological polar surface area (TPSA) is 87.3 Å². The normalized spacial score (nSPS) is 28.5. The predicted molar refractivity (Wildman–Crippen MR) is 178 cm³/mol. The number of carbonyl (C=O) groups excluding carboxylic acids is 3. The van der Waals surface area contributed by atoms with Crippen LogP contribution < -0.4 is 16.0 Å². The third-order valence-electron chi connectivity index (χ3n) is 11.2. The number of hydrogen-bond acceptors (Lipinski definition) is 3. The van der Waals surface area contributed by atoms with Crippen molar-refractivity contribution < 1.29 is 14.4 Å². The quantitative estimate of drug-likeness (QED) is 0.294. The first-order chi connectivity index (χ1) is 20.2. The zero-order chi connectivity index (χ0) is 31.4. The van der Waals surface area contributed by atoms with E-state index in [1.54, 1.807) is 0 Å². The van der Waals surface area contributed by atoms with E-state index in [0.29, 0.717) is 28.9 Å². The summed E-state index contributed by atoms with van der Waals surface area (Å²) >= 11 is 0. The lowest BCUT2D eigenvalue weighted by Crippen LogP contribution is -2.32. The van der Waals surface area contributed by atoms with Crippen molar-refractivity contribution in [3.05, 3.63) is 18.2 Å². The summed E-state index contributed by atoms with van der Waals surface area (Å²) in [7, 11) is 0. The zero-order valence-corrected chi connectivity index (χ0v) is 28.1. The summed E-state index contributed by atoms with van der Waals surface area (Å²) in [6, 6.07) is 5.54. The lowest BCUT2D eigenvalue weighted by atomic mass is 9.69. The molecular formula is C37H59N3O3. The van der Waals surface area contributed by atoms with Crippen LogP contribution in [0, 0.1) is 46.3 Å². The highest BCUT2D eigenvalue weighted by atomic mass is 16.2. The molecule has 1 aromatic rings. The fourth-order valence-electron chi connectivity index (χ4n) is 7.85. The summed E-state index contributed by atoms with van der Waals surface area (Å²) in [4.78, 5) is 40.0. The molecule has 0 heterocycles. The Bertz CT molecular complexity index is 1040. The molecule has 3 saturated carbocycles. The summed E-state index contributed by atoms with van der Waals surface area (Å²) < 4.78 is 0. The molecule has 0 unspecified atom stereocenters. The molecule has 3 N–H and O–H groups in total.